The van der Waals surface area contributed by atoms with E-state index in [9.17, 15) is 0 Å². The van der Waals surface area contributed by atoms with Crippen molar-refractivity contribution in [2.45, 2.75) is 59.3 Å². The van der Waals surface area contributed by atoms with Gasteiger partial charge in [0.2, 0.25) is 0 Å². The van der Waals surface area contributed by atoms with E-state index in [1.807, 2.05) is 4.68 Å². The van der Waals surface area contributed by atoms with Gasteiger partial charge < -0.3 is 9.31 Å². The Morgan fingerprint density at radius 2 is 1.76 bits per heavy atom. The number of fused-ring (bicyclic) bond motifs is 1. The van der Waals surface area contributed by atoms with Crippen LogP contribution in [0.15, 0.2) is 18.3 Å². The molecule has 1 saturated heterocycles. The zero-order valence-electron chi connectivity index (χ0n) is 13.7. The molecular weight excluding hydrogens is 263 g/mol. The number of rotatable bonds is 2. The molecule has 0 aliphatic carbocycles. The third kappa shape index (κ3) is 2.28. The van der Waals surface area contributed by atoms with E-state index in [0.717, 1.165) is 28.5 Å². The summed E-state index contributed by atoms with van der Waals surface area (Å²) in [6.45, 7) is 13.4. The van der Waals surface area contributed by atoms with Crippen LogP contribution in [0.2, 0.25) is 0 Å². The minimum Gasteiger partial charge on any atom is -0.399 e. The summed E-state index contributed by atoms with van der Waals surface area (Å²) >= 11 is 0. The highest BCUT2D eigenvalue weighted by Gasteiger charge is 2.51. The summed E-state index contributed by atoms with van der Waals surface area (Å²) in [5.41, 5.74) is 2.65. The van der Waals surface area contributed by atoms with Gasteiger partial charge in [-0.25, -0.2) is 0 Å². The maximum absolute atomic E-state index is 6.14. The molecule has 2 heterocycles. The van der Waals surface area contributed by atoms with Crippen molar-refractivity contribution in [1.82, 2.24) is 9.78 Å². The summed E-state index contributed by atoms with van der Waals surface area (Å²) in [4.78, 5) is 0. The first-order valence-electron chi connectivity index (χ1n) is 7.57. The molecular formula is C16H23BN2O2. The monoisotopic (exact) mass is 286 g/mol. The summed E-state index contributed by atoms with van der Waals surface area (Å²) in [6, 6.07) is 4.25. The smallest absolute Gasteiger partial charge is 0.399 e. The fraction of sp³-hybridized carbons (Fsp3) is 0.562. The van der Waals surface area contributed by atoms with E-state index in [1.54, 1.807) is 0 Å². The first-order chi connectivity index (χ1) is 9.73. The lowest BCUT2D eigenvalue weighted by Gasteiger charge is -2.32. The molecule has 112 valence electrons. The highest BCUT2D eigenvalue weighted by molar-refractivity contribution is 6.62. The predicted molar refractivity (Wildman–Crippen MR) is 85.9 cm³/mol. The first-order valence-corrected chi connectivity index (χ1v) is 7.57. The SMILES string of the molecule is CCn1cc2cc(B3OC(C)(C)C(C)(C)O3)cc(C)c2n1. The van der Waals surface area contributed by atoms with E-state index < -0.39 is 0 Å². The molecule has 2 aromatic rings. The summed E-state index contributed by atoms with van der Waals surface area (Å²) in [6.07, 6.45) is 2.08. The summed E-state index contributed by atoms with van der Waals surface area (Å²) in [5.74, 6) is 0. The van der Waals surface area contributed by atoms with E-state index in [1.165, 1.54) is 0 Å². The largest absolute Gasteiger partial charge is 0.494 e. The predicted octanol–water partition coefficient (Wildman–Crippen LogP) is 2.66. The van der Waals surface area contributed by atoms with Gasteiger partial charge in [-0.1, -0.05) is 12.1 Å². The molecule has 0 amide bonds. The molecule has 0 saturated carbocycles. The van der Waals surface area contributed by atoms with Crippen molar-refractivity contribution in [2.24, 2.45) is 0 Å². The van der Waals surface area contributed by atoms with Gasteiger partial charge in [0.05, 0.1) is 16.7 Å². The lowest BCUT2D eigenvalue weighted by molar-refractivity contribution is 0.00578. The average Bonchev–Trinajstić information content (AvgIpc) is 2.89. The van der Waals surface area contributed by atoms with Gasteiger partial charge in [0.25, 0.3) is 0 Å². The summed E-state index contributed by atoms with van der Waals surface area (Å²) in [7, 11) is -0.317. The van der Waals surface area contributed by atoms with Crippen molar-refractivity contribution >= 4 is 23.5 Å². The number of hydrogen-bond donors (Lipinski definition) is 0. The van der Waals surface area contributed by atoms with Crippen molar-refractivity contribution in [2.75, 3.05) is 0 Å². The summed E-state index contributed by atoms with van der Waals surface area (Å²) < 4.78 is 14.2. The van der Waals surface area contributed by atoms with Gasteiger partial charge in [0.1, 0.15) is 0 Å². The molecule has 1 aliphatic heterocycles. The van der Waals surface area contributed by atoms with Crippen molar-refractivity contribution < 1.29 is 9.31 Å². The quantitative estimate of drug-likeness (QED) is 0.796. The minimum absolute atomic E-state index is 0.311. The highest BCUT2D eigenvalue weighted by atomic mass is 16.7. The van der Waals surface area contributed by atoms with Crippen molar-refractivity contribution in [3.05, 3.63) is 23.9 Å². The number of aromatic nitrogens is 2. The van der Waals surface area contributed by atoms with Gasteiger partial charge in [-0.15, -0.1) is 0 Å². The van der Waals surface area contributed by atoms with E-state index in [-0.39, 0.29) is 18.3 Å². The fourth-order valence-electron chi connectivity index (χ4n) is 2.67. The zero-order valence-corrected chi connectivity index (χ0v) is 13.7. The molecule has 1 aromatic carbocycles. The second-order valence-corrected chi connectivity index (χ2v) is 6.85. The number of aryl methyl sites for hydroxylation is 2. The van der Waals surface area contributed by atoms with Crippen LogP contribution >= 0.6 is 0 Å². The molecule has 0 N–H and O–H groups in total. The fourth-order valence-corrected chi connectivity index (χ4v) is 2.67. The molecule has 4 nitrogen and oxygen atoms in total. The Labute approximate surface area is 126 Å². The molecule has 5 heteroatoms. The molecule has 1 aliphatic rings. The maximum Gasteiger partial charge on any atom is 0.494 e. The minimum atomic E-state index is -0.317. The third-order valence-electron chi connectivity index (χ3n) is 4.72. The van der Waals surface area contributed by atoms with E-state index in [0.29, 0.717) is 0 Å². The van der Waals surface area contributed by atoms with Crippen molar-refractivity contribution in [3.8, 4) is 0 Å². The van der Waals surface area contributed by atoms with Crippen LogP contribution in [0.5, 0.6) is 0 Å². The Morgan fingerprint density at radius 1 is 1.14 bits per heavy atom. The summed E-state index contributed by atoms with van der Waals surface area (Å²) in [5, 5.41) is 5.73. The van der Waals surface area contributed by atoms with Gasteiger partial charge in [0.15, 0.2) is 0 Å². The number of hydrogen-bond acceptors (Lipinski definition) is 3. The Balaban J connectivity index is 2.02. The molecule has 0 spiro atoms. The lowest BCUT2D eigenvalue weighted by Crippen LogP contribution is -2.41. The molecule has 0 radical (unpaired) electrons. The Hall–Kier alpha value is -1.33. The van der Waals surface area contributed by atoms with E-state index in [4.69, 9.17) is 9.31 Å². The maximum atomic E-state index is 6.14. The van der Waals surface area contributed by atoms with Crippen LogP contribution in [0.25, 0.3) is 10.9 Å². The number of nitrogens with zero attached hydrogens (tertiary/aromatic N) is 2. The average molecular weight is 286 g/mol. The van der Waals surface area contributed by atoms with Crippen LogP contribution in [0.4, 0.5) is 0 Å². The second-order valence-electron chi connectivity index (χ2n) is 6.85. The van der Waals surface area contributed by atoms with Gasteiger partial charge >= 0.3 is 7.12 Å². The Kier molecular flexibility index (Phi) is 3.19. The standard InChI is InChI=1S/C16H23BN2O2/c1-7-19-10-12-9-13(8-11(2)14(12)18-19)17-20-15(3,4)16(5,6)21-17/h8-10H,7H2,1-6H3. The highest BCUT2D eigenvalue weighted by Crippen LogP contribution is 2.36. The van der Waals surface area contributed by atoms with Crippen molar-refractivity contribution in [3.63, 3.8) is 0 Å². The van der Waals surface area contributed by atoms with Crippen LogP contribution in [0.3, 0.4) is 0 Å². The lowest BCUT2D eigenvalue weighted by atomic mass is 9.78. The van der Waals surface area contributed by atoms with Crippen molar-refractivity contribution in [1.29, 1.82) is 0 Å². The molecule has 21 heavy (non-hydrogen) atoms. The van der Waals surface area contributed by atoms with Gasteiger partial charge in [-0.3, -0.25) is 4.68 Å². The van der Waals surface area contributed by atoms with E-state index in [2.05, 4.69) is 65.0 Å². The third-order valence-corrected chi connectivity index (χ3v) is 4.72. The van der Waals surface area contributed by atoms with Crippen LogP contribution in [0, 0.1) is 6.92 Å². The van der Waals surface area contributed by atoms with E-state index >= 15 is 0 Å². The zero-order chi connectivity index (χ0) is 15.4. The molecule has 1 aromatic heterocycles. The van der Waals surface area contributed by atoms with Crippen LogP contribution in [0.1, 0.15) is 40.2 Å². The molecule has 0 bridgehead atoms. The Morgan fingerprint density at radius 3 is 2.33 bits per heavy atom. The molecule has 1 fully saturated rings. The second kappa shape index (κ2) is 4.58. The van der Waals surface area contributed by atoms with Crippen LogP contribution in [-0.4, -0.2) is 28.1 Å². The molecule has 0 atom stereocenters. The molecule has 3 rings (SSSR count). The van der Waals surface area contributed by atoms with Crippen LogP contribution < -0.4 is 5.46 Å². The normalized spacial score (nSPS) is 20.4. The first kappa shape index (κ1) is 14.6. The number of benzene rings is 1. The van der Waals surface area contributed by atoms with Gasteiger partial charge in [-0.05, 0) is 52.6 Å². The van der Waals surface area contributed by atoms with Gasteiger partial charge in [0, 0.05) is 18.1 Å². The van der Waals surface area contributed by atoms with Gasteiger partial charge in [-0.2, -0.15) is 5.10 Å². The topological polar surface area (TPSA) is 36.3 Å². The Bertz CT molecular complexity index is 675. The molecule has 0 unspecified atom stereocenters. The van der Waals surface area contributed by atoms with Crippen LogP contribution in [-0.2, 0) is 15.9 Å².